The summed E-state index contributed by atoms with van der Waals surface area (Å²) in [6, 6.07) is 6.17. The van der Waals surface area contributed by atoms with Gasteiger partial charge in [-0.25, -0.2) is 0 Å². The summed E-state index contributed by atoms with van der Waals surface area (Å²) in [7, 11) is 0. The monoisotopic (exact) mass is 236 g/mol. The Balaban J connectivity index is 2.29. The Morgan fingerprint density at radius 2 is 2.12 bits per heavy atom. The molecule has 0 saturated carbocycles. The van der Waals surface area contributed by atoms with Crippen LogP contribution in [-0.2, 0) is 0 Å². The minimum absolute atomic E-state index is 0.275. The van der Waals surface area contributed by atoms with Crippen LogP contribution in [0.25, 0.3) is 0 Å². The van der Waals surface area contributed by atoms with Gasteiger partial charge in [0.25, 0.3) is 0 Å². The quantitative estimate of drug-likeness (QED) is 0.262. The van der Waals surface area contributed by atoms with E-state index in [1.807, 2.05) is 19.9 Å². The van der Waals surface area contributed by atoms with Crippen molar-refractivity contribution in [3.63, 3.8) is 0 Å². The summed E-state index contributed by atoms with van der Waals surface area (Å²) in [4.78, 5) is 0. The van der Waals surface area contributed by atoms with Crippen LogP contribution in [0.2, 0.25) is 0 Å². The number of hydrogen-bond acceptors (Lipinski definition) is 3. The highest BCUT2D eigenvalue weighted by molar-refractivity contribution is 5.79. The van der Waals surface area contributed by atoms with E-state index in [0.717, 1.165) is 24.2 Å². The van der Waals surface area contributed by atoms with E-state index in [4.69, 9.17) is 15.7 Å². The number of benzene rings is 1. The van der Waals surface area contributed by atoms with Crippen LogP contribution in [0.1, 0.15) is 30.4 Å². The van der Waals surface area contributed by atoms with Gasteiger partial charge in [-0.3, -0.25) is 0 Å². The average Bonchev–Trinajstić information content (AvgIpc) is 2.32. The third-order valence-corrected chi connectivity index (χ3v) is 2.56. The SMILES string of the molecule is Cc1ccc(C)c(OCCCC/C(N)=N/O)c1. The van der Waals surface area contributed by atoms with E-state index in [1.54, 1.807) is 0 Å². The maximum atomic E-state index is 8.37. The van der Waals surface area contributed by atoms with E-state index in [2.05, 4.69) is 17.3 Å². The number of unbranched alkanes of at least 4 members (excludes halogenated alkanes) is 1. The summed E-state index contributed by atoms with van der Waals surface area (Å²) in [6.45, 7) is 4.74. The lowest BCUT2D eigenvalue weighted by Crippen LogP contribution is -2.11. The zero-order chi connectivity index (χ0) is 12.7. The Bertz CT molecular complexity index is 389. The van der Waals surface area contributed by atoms with Gasteiger partial charge in [-0.05, 0) is 43.9 Å². The first-order chi connectivity index (χ1) is 8.13. The Kier molecular flexibility index (Phi) is 5.33. The van der Waals surface area contributed by atoms with Gasteiger partial charge in [0.1, 0.15) is 11.6 Å². The third kappa shape index (κ3) is 4.76. The van der Waals surface area contributed by atoms with Crippen molar-refractivity contribution in [2.24, 2.45) is 10.9 Å². The molecule has 3 N–H and O–H groups in total. The molecule has 0 fully saturated rings. The maximum absolute atomic E-state index is 8.37. The van der Waals surface area contributed by atoms with Crippen LogP contribution in [0.5, 0.6) is 5.75 Å². The molecule has 0 amide bonds. The van der Waals surface area contributed by atoms with Crippen LogP contribution in [0, 0.1) is 13.8 Å². The van der Waals surface area contributed by atoms with Gasteiger partial charge in [0.05, 0.1) is 6.61 Å². The lowest BCUT2D eigenvalue weighted by atomic mass is 10.1. The molecule has 0 unspecified atom stereocenters. The summed E-state index contributed by atoms with van der Waals surface area (Å²) in [5.41, 5.74) is 7.71. The molecule has 1 aromatic carbocycles. The van der Waals surface area contributed by atoms with Crippen molar-refractivity contribution in [3.8, 4) is 5.75 Å². The highest BCUT2D eigenvalue weighted by atomic mass is 16.5. The van der Waals surface area contributed by atoms with E-state index in [9.17, 15) is 0 Å². The second-order valence-corrected chi connectivity index (χ2v) is 4.17. The van der Waals surface area contributed by atoms with Crippen LogP contribution in [0.15, 0.2) is 23.4 Å². The molecule has 0 radical (unpaired) electrons. The normalized spacial score (nSPS) is 11.5. The van der Waals surface area contributed by atoms with Crippen LogP contribution >= 0.6 is 0 Å². The molecule has 17 heavy (non-hydrogen) atoms. The molecular weight excluding hydrogens is 216 g/mol. The van der Waals surface area contributed by atoms with Gasteiger partial charge < -0.3 is 15.7 Å². The summed E-state index contributed by atoms with van der Waals surface area (Å²) >= 11 is 0. The van der Waals surface area contributed by atoms with Crippen molar-refractivity contribution in [2.75, 3.05) is 6.61 Å². The van der Waals surface area contributed by atoms with Crippen LogP contribution in [-0.4, -0.2) is 17.6 Å². The van der Waals surface area contributed by atoms with Gasteiger partial charge in [0.2, 0.25) is 0 Å². The van der Waals surface area contributed by atoms with Crippen LogP contribution < -0.4 is 10.5 Å². The number of nitrogens with two attached hydrogens (primary N) is 1. The van der Waals surface area contributed by atoms with Gasteiger partial charge >= 0.3 is 0 Å². The molecule has 0 aromatic heterocycles. The summed E-state index contributed by atoms with van der Waals surface area (Å²) < 4.78 is 5.69. The van der Waals surface area contributed by atoms with Gasteiger partial charge in [-0.15, -0.1) is 0 Å². The Hall–Kier alpha value is -1.71. The number of rotatable bonds is 6. The largest absolute Gasteiger partial charge is 0.493 e. The highest BCUT2D eigenvalue weighted by Gasteiger charge is 2.00. The zero-order valence-electron chi connectivity index (χ0n) is 10.4. The molecular formula is C13H20N2O2. The summed E-state index contributed by atoms with van der Waals surface area (Å²) in [6.07, 6.45) is 2.36. The van der Waals surface area contributed by atoms with E-state index < -0.39 is 0 Å². The number of amidine groups is 1. The molecule has 4 heteroatoms. The molecule has 94 valence electrons. The first kappa shape index (κ1) is 13.4. The molecule has 0 heterocycles. The smallest absolute Gasteiger partial charge is 0.139 e. The van der Waals surface area contributed by atoms with Gasteiger partial charge in [0.15, 0.2) is 0 Å². The van der Waals surface area contributed by atoms with E-state index >= 15 is 0 Å². The minimum Gasteiger partial charge on any atom is -0.493 e. The van der Waals surface area contributed by atoms with Crippen molar-refractivity contribution in [3.05, 3.63) is 29.3 Å². The van der Waals surface area contributed by atoms with E-state index in [0.29, 0.717) is 13.0 Å². The fourth-order valence-corrected chi connectivity index (χ4v) is 1.50. The lowest BCUT2D eigenvalue weighted by Gasteiger charge is -2.09. The molecule has 1 aromatic rings. The average molecular weight is 236 g/mol. The van der Waals surface area contributed by atoms with E-state index in [-0.39, 0.29) is 5.84 Å². The second-order valence-electron chi connectivity index (χ2n) is 4.17. The molecule has 1 rings (SSSR count). The first-order valence-electron chi connectivity index (χ1n) is 5.80. The first-order valence-corrected chi connectivity index (χ1v) is 5.80. The van der Waals surface area contributed by atoms with Crippen molar-refractivity contribution in [1.29, 1.82) is 0 Å². The zero-order valence-corrected chi connectivity index (χ0v) is 10.4. The molecule has 0 bridgehead atoms. The highest BCUT2D eigenvalue weighted by Crippen LogP contribution is 2.19. The number of aryl methyl sites for hydroxylation is 2. The molecule has 0 aliphatic heterocycles. The lowest BCUT2D eigenvalue weighted by molar-refractivity contribution is 0.303. The van der Waals surface area contributed by atoms with Gasteiger partial charge in [-0.2, -0.15) is 0 Å². The number of hydrogen-bond donors (Lipinski definition) is 2. The van der Waals surface area contributed by atoms with Crippen molar-refractivity contribution in [2.45, 2.75) is 33.1 Å². The van der Waals surface area contributed by atoms with Gasteiger partial charge in [-0.1, -0.05) is 17.3 Å². The molecule has 0 aliphatic rings. The van der Waals surface area contributed by atoms with Crippen LogP contribution in [0.4, 0.5) is 0 Å². The number of oxime groups is 1. The summed E-state index contributed by atoms with van der Waals surface area (Å²) in [5.74, 6) is 1.21. The number of nitrogens with zero attached hydrogens (tertiary/aromatic N) is 1. The fraction of sp³-hybridized carbons (Fsp3) is 0.462. The minimum atomic E-state index is 0.275. The molecule has 4 nitrogen and oxygen atoms in total. The van der Waals surface area contributed by atoms with Crippen molar-refractivity contribution >= 4 is 5.84 Å². The second kappa shape index (κ2) is 6.78. The third-order valence-electron chi connectivity index (χ3n) is 2.56. The topological polar surface area (TPSA) is 67.8 Å². The molecule has 0 saturated heterocycles. The predicted octanol–water partition coefficient (Wildman–Crippen LogP) is 2.60. The standard InChI is InChI=1S/C13H20N2O2/c1-10-6-7-11(2)12(9-10)17-8-4-3-5-13(14)15-16/h6-7,9,16H,3-5,8H2,1-2H3,(H2,14,15). The molecule has 0 spiro atoms. The van der Waals surface area contributed by atoms with Crippen molar-refractivity contribution < 1.29 is 9.94 Å². The molecule has 0 aliphatic carbocycles. The van der Waals surface area contributed by atoms with Crippen molar-refractivity contribution in [1.82, 2.24) is 0 Å². The predicted molar refractivity (Wildman–Crippen MR) is 68.7 cm³/mol. The Labute approximate surface area is 102 Å². The van der Waals surface area contributed by atoms with Crippen LogP contribution in [0.3, 0.4) is 0 Å². The number of ether oxygens (including phenoxy) is 1. The Morgan fingerprint density at radius 1 is 1.35 bits per heavy atom. The Morgan fingerprint density at radius 3 is 2.82 bits per heavy atom. The van der Waals surface area contributed by atoms with Gasteiger partial charge in [0, 0.05) is 6.42 Å². The van der Waals surface area contributed by atoms with E-state index in [1.165, 1.54) is 5.56 Å². The molecule has 0 atom stereocenters. The summed E-state index contributed by atoms with van der Waals surface area (Å²) in [5, 5.41) is 11.3. The fourth-order valence-electron chi connectivity index (χ4n) is 1.50. The maximum Gasteiger partial charge on any atom is 0.139 e.